The molecule has 1 aliphatic rings. The monoisotopic (exact) mass is 326 g/mol. The molecule has 0 unspecified atom stereocenters. The summed E-state index contributed by atoms with van der Waals surface area (Å²) in [5, 5.41) is 0. The third-order valence-corrected chi connectivity index (χ3v) is 4.55. The highest BCUT2D eigenvalue weighted by molar-refractivity contribution is 5.96. The minimum atomic E-state index is -0.0272. The van der Waals surface area contributed by atoms with Crippen molar-refractivity contribution in [3.8, 4) is 0 Å². The van der Waals surface area contributed by atoms with Gasteiger partial charge in [0.2, 0.25) is 0 Å². The first-order valence-corrected chi connectivity index (χ1v) is 8.31. The van der Waals surface area contributed by atoms with Crippen LogP contribution in [-0.4, -0.2) is 47.8 Å². The van der Waals surface area contributed by atoms with Gasteiger partial charge in [-0.2, -0.15) is 0 Å². The highest BCUT2D eigenvalue weighted by atomic mass is 16.3. The predicted molar refractivity (Wildman–Crippen MR) is 91.1 cm³/mol. The zero-order valence-electron chi connectivity index (χ0n) is 14.1. The van der Waals surface area contributed by atoms with Gasteiger partial charge in [0.25, 0.3) is 11.8 Å². The predicted octanol–water partition coefficient (Wildman–Crippen LogP) is 2.75. The first-order valence-electron chi connectivity index (χ1n) is 8.31. The summed E-state index contributed by atoms with van der Waals surface area (Å²) in [6.45, 7) is 6.07. The maximum Gasteiger partial charge on any atom is 0.257 e. The van der Waals surface area contributed by atoms with Crippen LogP contribution in [0.15, 0.2) is 41.0 Å². The van der Waals surface area contributed by atoms with Gasteiger partial charge in [-0.3, -0.25) is 9.59 Å². The van der Waals surface area contributed by atoms with Crippen LogP contribution in [0.1, 0.15) is 39.0 Å². The molecule has 2 aromatic rings. The Balaban J connectivity index is 1.61. The van der Waals surface area contributed by atoms with E-state index < -0.39 is 0 Å². The van der Waals surface area contributed by atoms with E-state index in [0.717, 1.165) is 6.42 Å². The Bertz CT molecular complexity index is 725. The number of piperazine rings is 1. The summed E-state index contributed by atoms with van der Waals surface area (Å²) in [4.78, 5) is 28.6. The van der Waals surface area contributed by atoms with Gasteiger partial charge in [-0.15, -0.1) is 0 Å². The molecule has 0 saturated carbocycles. The maximum absolute atomic E-state index is 12.6. The van der Waals surface area contributed by atoms with Crippen LogP contribution in [0.3, 0.4) is 0 Å². The molecule has 0 atom stereocenters. The van der Waals surface area contributed by atoms with Crippen molar-refractivity contribution in [3.05, 3.63) is 59.0 Å². The number of rotatable bonds is 3. The van der Waals surface area contributed by atoms with Gasteiger partial charge in [-0.1, -0.05) is 19.1 Å². The summed E-state index contributed by atoms with van der Waals surface area (Å²) < 4.78 is 5.20. The molecule has 1 aromatic heterocycles. The van der Waals surface area contributed by atoms with Gasteiger partial charge in [-0.05, 0) is 37.1 Å². The normalized spacial score (nSPS) is 14.8. The largest absolute Gasteiger partial charge is 0.469 e. The van der Waals surface area contributed by atoms with Crippen LogP contribution in [0.4, 0.5) is 0 Å². The van der Waals surface area contributed by atoms with Crippen LogP contribution >= 0.6 is 0 Å². The number of aryl methyl sites for hydroxylation is 2. The highest BCUT2D eigenvalue weighted by Crippen LogP contribution is 2.15. The lowest BCUT2D eigenvalue weighted by Crippen LogP contribution is -2.50. The van der Waals surface area contributed by atoms with Crippen molar-refractivity contribution in [2.24, 2.45) is 0 Å². The number of furan rings is 1. The summed E-state index contributed by atoms with van der Waals surface area (Å²) in [5.74, 6) is 0.638. The van der Waals surface area contributed by atoms with Gasteiger partial charge >= 0.3 is 0 Å². The van der Waals surface area contributed by atoms with Crippen molar-refractivity contribution >= 4 is 11.8 Å². The molecule has 2 amide bonds. The Morgan fingerprint density at radius 2 is 1.54 bits per heavy atom. The number of nitrogens with zero attached hydrogens (tertiary/aromatic N) is 2. The molecular weight excluding hydrogens is 304 g/mol. The molecule has 0 N–H and O–H groups in total. The number of hydrogen-bond donors (Lipinski definition) is 0. The first kappa shape index (κ1) is 16.3. The molecule has 1 saturated heterocycles. The smallest absolute Gasteiger partial charge is 0.257 e. The van der Waals surface area contributed by atoms with Crippen molar-refractivity contribution in [1.29, 1.82) is 0 Å². The zero-order valence-corrected chi connectivity index (χ0v) is 14.1. The van der Waals surface area contributed by atoms with Crippen LogP contribution < -0.4 is 0 Å². The van der Waals surface area contributed by atoms with Gasteiger partial charge in [0.15, 0.2) is 0 Å². The van der Waals surface area contributed by atoms with Gasteiger partial charge < -0.3 is 14.2 Å². The third-order valence-electron chi connectivity index (χ3n) is 4.55. The molecule has 24 heavy (non-hydrogen) atoms. The zero-order chi connectivity index (χ0) is 17.1. The molecule has 0 spiro atoms. The van der Waals surface area contributed by atoms with E-state index in [1.165, 1.54) is 11.8 Å². The van der Waals surface area contributed by atoms with Gasteiger partial charge in [-0.25, -0.2) is 0 Å². The van der Waals surface area contributed by atoms with Crippen molar-refractivity contribution in [2.45, 2.75) is 20.3 Å². The van der Waals surface area contributed by atoms with Crippen LogP contribution in [0.25, 0.3) is 0 Å². The Hall–Kier alpha value is -2.56. The second kappa shape index (κ2) is 6.91. The average molecular weight is 326 g/mol. The molecular formula is C19H22N2O3. The topological polar surface area (TPSA) is 53.8 Å². The fourth-order valence-corrected chi connectivity index (χ4v) is 2.96. The molecule has 5 heteroatoms. The minimum Gasteiger partial charge on any atom is -0.469 e. The average Bonchev–Trinajstić information content (AvgIpc) is 3.06. The Morgan fingerprint density at radius 3 is 2.04 bits per heavy atom. The fraction of sp³-hybridized carbons (Fsp3) is 0.368. The highest BCUT2D eigenvalue weighted by Gasteiger charge is 2.26. The molecule has 3 rings (SSSR count). The van der Waals surface area contributed by atoms with Crippen molar-refractivity contribution in [1.82, 2.24) is 9.80 Å². The lowest BCUT2D eigenvalue weighted by atomic mass is 10.1. The van der Waals surface area contributed by atoms with E-state index >= 15 is 0 Å². The lowest BCUT2D eigenvalue weighted by molar-refractivity contribution is 0.0534. The SMILES string of the molecule is CCc1ccc(C(=O)N2CCN(C(=O)c3ccoc3C)CC2)cc1. The van der Waals surface area contributed by atoms with Gasteiger partial charge in [0.1, 0.15) is 5.76 Å². The maximum atomic E-state index is 12.6. The van der Waals surface area contributed by atoms with Gasteiger partial charge in [0.05, 0.1) is 11.8 Å². The summed E-state index contributed by atoms with van der Waals surface area (Å²) in [6, 6.07) is 9.45. The van der Waals surface area contributed by atoms with E-state index in [1.807, 2.05) is 29.2 Å². The number of amides is 2. The van der Waals surface area contributed by atoms with Crippen LogP contribution in [0.2, 0.25) is 0 Å². The minimum absolute atomic E-state index is 0.0272. The standard InChI is InChI=1S/C19H22N2O3/c1-3-15-4-6-16(7-5-15)18(22)20-9-11-21(12-10-20)19(23)17-8-13-24-14(17)2/h4-8,13H,3,9-12H2,1-2H3. The Morgan fingerprint density at radius 1 is 0.958 bits per heavy atom. The molecule has 0 bridgehead atoms. The molecule has 0 aliphatic carbocycles. The molecule has 1 aliphatic heterocycles. The van der Waals surface area contributed by atoms with Crippen molar-refractivity contribution < 1.29 is 14.0 Å². The van der Waals surface area contributed by atoms with Crippen LogP contribution in [-0.2, 0) is 6.42 Å². The number of benzene rings is 1. The van der Waals surface area contributed by atoms with Crippen molar-refractivity contribution in [2.75, 3.05) is 26.2 Å². The number of carbonyl (C=O) groups excluding carboxylic acids is 2. The lowest BCUT2D eigenvalue weighted by Gasteiger charge is -2.34. The van der Waals surface area contributed by atoms with Crippen molar-refractivity contribution in [3.63, 3.8) is 0 Å². The number of hydrogen-bond acceptors (Lipinski definition) is 3. The van der Waals surface area contributed by atoms with Gasteiger partial charge in [0, 0.05) is 31.7 Å². The second-order valence-electron chi connectivity index (χ2n) is 6.03. The van der Waals surface area contributed by atoms with E-state index in [2.05, 4.69) is 6.92 Å². The molecule has 126 valence electrons. The quantitative estimate of drug-likeness (QED) is 0.871. The van der Waals surface area contributed by atoms with E-state index in [9.17, 15) is 9.59 Å². The van der Waals surface area contributed by atoms with E-state index in [0.29, 0.717) is 43.1 Å². The summed E-state index contributed by atoms with van der Waals surface area (Å²) in [7, 11) is 0. The first-order chi connectivity index (χ1) is 11.6. The summed E-state index contributed by atoms with van der Waals surface area (Å²) in [5.41, 5.74) is 2.53. The Kier molecular flexibility index (Phi) is 4.69. The summed E-state index contributed by atoms with van der Waals surface area (Å²) in [6.07, 6.45) is 2.49. The summed E-state index contributed by atoms with van der Waals surface area (Å²) >= 11 is 0. The van der Waals surface area contributed by atoms with Crippen LogP contribution in [0, 0.1) is 6.92 Å². The molecule has 0 radical (unpaired) electrons. The second-order valence-corrected chi connectivity index (χ2v) is 6.03. The number of carbonyl (C=O) groups is 2. The third kappa shape index (κ3) is 3.20. The molecule has 1 aromatic carbocycles. The van der Waals surface area contributed by atoms with E-state index in [1.54, 1.807) is 17.9 Å². The molecule has 5 nitrogen and oxygen atoms in total. The Labute approximate surface area is 141 Å². The fourth-order valence-electron chi connectivity index (χ4n) is 2.96. The van der Waals surface area contributed by atoms with Crippen LogP contribution in [0.5, 0.6) is 0 Å². The molecule has 2 heterocycles. The van der Waals surface area contributed by atoms with E-state index in [-0.39, 0.29) is 11.8 Å². The molecule has 1 fully saturated rings. The van der Waals surface area contributed by atoms with E-state index in [4.69, 9.17) is 4.42 Å².